The van der Waals surface area contributed by atoms with E-state index in [1.165, 1.54) is 0 Å². The molecule has 0 aliphatic heterocycles. The van der Waals surface area contributed by atoms with Gasteiger partial charge >= 0.3 is 0 Å². The highest BCUT2D eigenvalue weighted by Gasteiger charge is 2.09. The molecule has 82 valence electrons. The molecule has 0 radical (unpaired) electrons. The van der Waals surface area contributed by atoms with E-state index in [1.54, 1.807) is 13.2 Å². The van der Waals surface area contributed by atoms with Gasteiger partial charge in [-0.25, -0.2) is 4.98 Å². The fourth-order valence-electron chi connectivity index (χ4n) is 1.61. The maximum Gasteiger partial charge on any atom is 0.153 e. The molecule has 0 N–H and O–H groups in total. The van der Waals surface area contributed by atoms with Crippen LogP contribution in [0, 0.1) is 6.92 Å². The van der Waals surface area contributed by atoms with Gasteiger partial charge in [-0.15, -0.1) is 0 Å². The van der Waals surface area contributed by atoms with Crippen LogP contribution in [-0.2, 0) is 0 Å². The summed E-state index contributed by atoms with van der Waals surface area (Å²) in [6.07, 6.45) is 0.702. The van der Waals surface area contributed by atoms with Gasteiger partial charge in [-0.3, -0.25) is 4.79 Å². The summed E-state index contributed by atoms with van der Waals surface area (Å²) < 4.78 is 5.20. The van der Waals surface area contributed by atoms with E-state index in [0.29, 0.717) is 23.1 Å². The summed E-state index contributed by atoms with van der Waals surface area (Å²) >= 11 is 5.89. The number of pyridine rings is 1. The minimum atomic E-state index is 0.200. The molecule has 0 spiro atoms. The summed E-state index contributed by atoms with van der Waals surface area (Å²) in [5.74, 6) is 0.653. The van der Waals surface area contributed by atoms with Crippen LogP contribution in [0.2, 0.25) is 5.15 Å². The first-order valence-corrected chi connectivity index (χ1v) is 5.14. The highest BCUT2D eigenvalue weighted by Crippen LogP contribution is 2.29. The molecule has 0 amide bonds. The molecule has 0 fully saturated rings. The van der Waals surface area contributed by atoms with Gasteiger partial charge in [0.25, 0.3) is 0 Å². The normalized spacial score (nSPS) is 10.4. The van der Waals surface area contributed by atoms with Crippen LogP contribution in [0.3, 0.4) is 0 Å². The summed E-state index contributed by atoms with van der Waals surface area (Å²) in [6.45, 7) is 1.95. The van der Waals surface area contributed by atoms with Crippen molar-refractivity contribution in [2.75, 3.05) is 7.11 Å². The van der Waals surface area contributed by atoms with Crippen molar-refractivity contribution in [2.45, 2.75) is 6.92 Å². The minimum Gasteiger partial charge on any atom is -0.494 e. The first-order valence-electron chi connectivity index (χ1n) is 4.76. The van der Waals surface area contributed by atoms with E-state index < -0.39 is 0 Å². The number of hydrogen-bond acceptors (Lipinski definition) is 3. The van der Waals surface area contributed by atoms with Crippen LogP contribution in [0.4, 0.5) is 0 Å². The molecule has 1 aromatic heterocycles. The lowest BCUT2D eigenvalue weighted by Gasteiger charge is -2.08. The predicted octanol–water partition coefficient (Wildman–Crippen LogP) is 3.02. The molecule has 1 aromatic carbocycles. The number of carbonyl (C=O) groups is 1. The Balaban J connectivity index is 2.87. The van der Waals surface area contributed by atoms with Crippen molar-refractivity contribution in [1.82, 2.24) is 4.98 Å². The van der Waals surface area contributed by atoms with Gasteiger partial charge in [0.1, 0.15) is 16.4 Å². The Morgan fingerprint density at radius 2 is 2.19 bits per heavy atom. The first kappa shape index (κ1) is 10.9. The highest BCUT2D eigenvalue weighted by atomic mass is 35.5. The third-order valence-corrected chi connectivity index (χ3v) is 2.80. The van der Waals surface area contributed by atoms with E-state index in [2.05, 4.69) is 4.98 Å². The zero-order valence-corrected chi connectivity index (χ0v) is 9.71. The van der Waals surface area contributed by atoms with Crippen molar-refractivity contribution < 1.29 is 9.53 Å². The Morgan fingerprint density at radius 3 is 2.81 bits per heavy atom. The van der Waals surface area contributed by atoms with Gasteiger partial charge in [0.2, 0.25) is 0 Å². The standard InChI is InChI=1S/C12H10ClNO2/c1-7-3-4-10(16-2)11-9(7)5-8(6-15)12(13)14-11/h3-6H,1-2H3. The molecule has 0 aliphatic rings. The molecular formula is C12H10ClNO2. The third kappa shape index (κ3) is 1.63. The highest BCUT2D eigenvalue weighted by molar-refractivity contribution is 6.32. The quantitative estimate of drug-likeness (QED) is 0.593. The van der Waals surface area contributed by atoms with E-state index in [0.717, 1.165) is 10.9 Å². The predicted molar refractivity (Wildman–Crippen MR) is 63.4 cm³/mol. The van der Waals surface area contributed by atoms with Crippen molar-refractivity contribution in [3.8, 4) is 5.75 Å². The van der Waals surface area contributed by atoms with Crippen molar-refractivity contribution >= 4 is 28.8 Å². The van der Waals surface area contributed by atoms with Gasteiger partial charge in [0, 0.05) is 5.39 Å². The second-order valence-corrected chi connectivity index (χ2v) is 3.83. The number of hydrogen-bond donors (Lipinski definition) is 0. The van der Waals surface area contributed by atoms with Crippen molar-refractivity contribution in [2.24, 2.45) is 0 Å². The SMILES string of the molecule is COc1ccc(C)c2cc(C=O)c(Cl)nc12. The largest absolute Gasteiger partial charge is 0.494 e. The number of ether oxygens (including phenoxy) is 1. The van der Waals surface area contributed by atoms with Gasteiger partial charge in [-0.1, -0.05) is 17.7 Å². The molecule has 3 nitrogen and oxygen atoms in total. The zero-order chi connectivity index (χ0) is 11.7. The van der Waals surface area contributed by atoms with Gasteiger partial charge in [0.15, 0.2) is 6.29 Å². The molecule has 0 saturated carbocycles. The molecule has 0 saturated heterocycles. The van der Waals surface area contributed by atoms with Crippen molar-refractivity contribution in [1.29, 1.82) is 0 Å². The number of aromatic nitrogens is 1. The molecule has 16 heavy (non-hydrogen) atoms. The zero-order valence-electron chi connectivity index (χ0n) is 8.95. The molecule has 0 unspecified atom stereocenters. The molecule has 2 rings (SSSR count). The monoisotopic (exact) mass is 235 g/mol. The number of halogens is 1. The summed E-state index contributed by atoms with van der Waals surface area (Å²) in [7, 11) is 1.58. The lowest BCUT2D eigenvalue weighted by molar-refractivity contribution is 0.112. The Morgan fingerprint density at radius 1 is 1.44 bits per heavy atom. The maximum atomic E-state index is 10.8. The van der Waals surface area contributed by atoms with Crippen molar-refractivity contribution in [3.63, 3.8) is 0 Å². The van der Waals surface area contributed by atoms with Gasteiger partial charge in [-0.2, -0.15) is 0 Å². The molecule has 0 aliphatic carbocycles. The third-order valence-electron chi connectivity index (χ3n) is 2.49. The molecule has 1 heterocycles. The minimum absolute atomic E-state index is 0.200. The van der Waals surface area contributed by atoms with E-state index >= 15 is 0 Å². The van der Waals surface area contributed by atoms with Crippen LogP contribution in [0.1, 0.15) is 15.9 Å². The van der Waals surface area contributed by atoms with Crippen LogP contribution in [0.25, 0.3) is 10.9 Å². The average Bonchev–Trinajstić information content (AvgIpc) is 2.29. The Kier molecular flexibility index (Phi) is 2.79. The van der Waals surface area contributed by atoms with E-state index in [4.69, 9.17) is 16.3 Å². The van der Waals surface area contributed by atoms with Crippen LogP contribution in [0.5, 0.6) is 5.75 Å². The number of rotatable bonds is 2. The van der Waals surface area contributed by atoms with Crippen LogP contribution in [0.15, 0.2) is 18.2 Å². The Hall–Kier alpha value is -1.61. The molecule has 0 bridgehead atoms. The van der Waals surface area contributed by atoms with E-state index in [9.17, 15) is 4.79 Å². The van der Waals surface area contributed by atoms with Gasteiger partial charge in [0.05, 0.1) is 12.7 Å². The smallest absolute Gasteiger partial charge is 0.153 e. The Labute approximate surface area is 98.0 Å². The number of carbonyl (C=O) groups excluding carboxylic acids is 1. The molecular weight excluding hydrogens is 226 g/mol. The van der Waals surface area contributed by atoms with Crippen molar-refractivity contribution in [3.05, 3.63) is 34.5 Å². The maximum absolute atomic E-state index is 10.8. The van der Waals surface area contributed by atoms with E-state index in [1.807, 2.05) is 19.1 Å². The van der Waals surface area contributed by atoms with Gasteiger partial charge in [-0.05, 0) is 24.6 Å². The fraction of sp³-hybridized carbons (Fsp3) is 0.167. The lowest BCUT2D eigenvalue weighted by atomic mass is 10.1. The number of benzene rings is 1. The number of aldehydes is 1. The lowest BCUT2D eigenvalue weighted by Crippen LogP contribution is -1.93. The summed E-state index contributed by atoms with van der Waals surface area (Å²) in [4.78, 5) is 15.0. The number of nitrogens with zero attached hydrogens (tertiary/aromatic N) is 1. The van der Waals surface area contributed by atoms with E-state index in [-0.39, 0.29) is 5.15 Å². The summed E-state index contributed by atoms with van der Waals surface area (Å²) in [5.41, 5.74) is 2.10. The fourth-order valence-corrected chi connectivity index (χ4v) is 1.80. The number of aryl methyl sites for hydroxylation is 1. The Bertz CT molecular complexity index is 566. The molecule has 4 heteroatoms. The first-order chi connectivity index (χ1) is 7.67. The van der Waals surface area contributed by atoms with Gasteiger partial charge < -0.3 is 4.74 Å². The van der Waals surface area contributed by atoms with Crippen LogP contribution < -0.4 is 4.74 Å². The number of methoxy groups -OCH3 is 1. The van der Waals surface area contributed by atoms with Crippen LogP contribution >= 0.6 is 11.6 Å². The topological polar surface area (TPSA) is 39.2 Å². The van der Waals surface area contributed by atoms with Crippen LogP contribution in [-0.4, -0.2) is 18.4 Å². The second-order valence-electron chi connectivity index (χ2n) is 3.47. The number of fused-ring (bicyclic) bond motifs is 1. The average molecular weight is 236 g/mol. The molecule has 2 aromatic rings. The summed E-state index contributed by atoms with van der Waals surface area (Å²) in [5, 5.41) is 1.08. The second kappa shape index (κ2) is 4.10. The molecule has 0 atom stereocenters. The summed E-state index contributed by atoms with van der Waals surface area (Å²) in [6, 6.07) is 5.49.